The number of rotatable bonds is 8. The Bertz CT molecular complexity index is 909. The molecule has 8 heteroatoms. The van der Waals surface area contributed by atoms with Crippen molar-refractivity contribution in [3.8, 4) is 22.8 Å². The summed E-state index contributed by atoms with van der Waals surface area (Å²) in [4.78, 5) is 26.8. The zero-order chi connectivity index (χ0) is 19.1. The number of nitrogens with zero attached hydrogens (tertiary/aromatic N) is 1. The zero-order valence-corrected chi connectivity index (χ0v) is 14.9. The Kier molecular flexibility index (Phi) is 6.01. The lowest BCUT2D eigenvalue weighted by atomic mass is 10.2. The Hall–Kier alpha value is -3.39. The number of aliphatic carboxylic acids is 1. The molecule has 27 heavy (non-hydrogen) atoms. The summed E-state index contributed by atoms with van der Waals surface area (Å²) in [5.41, 5.74) is 1.53. The number of carboxylic acids is 1. The average molecular weight is 384 g/mol. The standard InChI is InChI=1S/C19H16N2O5S/c22-17(10-25-14-4-2-1-3-5-14)21-19-20-16(12-27-19)13-6-8-15(9-7-13)26-11-18(23)24/h1-9,12H,10-11H2,(H,23,24)(H,20,21,22). The van der Waals surface area contributed by atoms with Gasteiger partial charge in [-0.25, -0.2) is 9.78 Å². The van der Waals surface area contributed by atoms with Crippen LogP contribution in [-0.2, 0) is 9.59 Å². The second-order valence-corrected chi connectivity index (χ2v) is 6.25. The van der Waals surface area contributed by atoms with Gasteiger partial charge in [0.15, 0.2) is 18.3 Å². The third kappa shape index (κ3) is 5.55. The quantitative estimate of drug-likeness (QED) is 0.618. The first-order chi connectivity index (χ1) is 13.1. The van der Waals surface area contributed by atoms with Crippen LogP contribution < -0.4 is 14.8 Å². The van der Waals surface area contributed by atoms with Gasteiger partial charge in [0.2, 0.25) is 0 Å². The van der Waals surface area contributed by atoms with Gasteiger partial charge in [-0.15, -0.1) is 11.3 Å². The SMILES string of the molecule is O=C(O)COc1ccc(-c2csc(NC(=O)COc3ccccc3)n2)cc1. The molecule has 3 rings (SSSR count). The minimum absolute atomic E-state index is 0.103. The number of thiazole rings is 1. The molecule has 0 radical (unpaired) electrons. The predicted octanol–water partition coefficient (Wildman–Crippen LogP) is 3.29. The highest BCUT2D eigenvalue weighted by atomic mass is 32.1. The number of carbonyl (C=O) groups excluding carboxylic acids is 1. The van der Waals surface area contributed by atoms with Gasteiger partial charge in [-0.3, -0.25) is 10.1 Å². The molecule has 2 N–H and O–H groups in total. The van der Waals surface area contributed by atoms with E-state index in [1.165, 1.54) is 11.3 Å². The highest BCUT2D eigenvalue weighted by molar-refractivity contribution is 7.14. The molecule has 0 bridgehead atoms. The van der Waals surface area contributed by atoms with Crippen LogP contribution in [0.4, 0.5) is 5.13 Å². The minimum Gasteiger partial charge on any atom is -0.484 e. The first kappa shape index (κ1) is 18.4. The van der Waals surface area contributed by atoms with Crippen LogP contribution >= 0.6 is 11.3 Å². The van der Waals surface area contributed by atoms with E-state index >= 15 is 0 Å². The Morgan fingerprint density at radius 2 is 1.63 bits per heavy atom. The van der Waals surface area contributed by atoms with Crippen LogP contribution in [0, 0.1) is 0 Å². The van der Waals surface area contributed by atoms with Gasteiger partial charge in [-0.05, 0) is 36.4 Å². The van der Waals surface area contributed by atoms with E-state index < -0.39 is 12.6 Å². The van der Waals surface area contributed by atoms with E-state index in [1.54, 1.807) is 36.4 Å². The molecule has 0 aliphatic carbocycles. The molecule has 1 aromatic heterocycles. The van der Waals surface area contributed by atoms with Crippen LogP contribution in [0.25, 0.3) is 11.3 Å². The maximum atomic E-state index is 12.0. The minimum atomic E-state index is -1.03. The van der Waals surface area contributed by atoms with Crippen molar-refractivity contribution < 1.29 is 24.2 Å². The number of carbonyl (C=O) groups is 2. The number of carboxylic acid groups (broad SMARTS) is 1. The molecule has 1 amide bonds. The maximum absolute atomic E-state index is 12.0. The predicted molar refractivity (Wildman–Crippen MR) is 101 cm³/mol. The molecule has 0 aliphatic rings. The molecule has 0 aliphatic heterocycles. The van der Waals surface area contributed by atoms with Gasteiger partial charge in [0.05, 0.1) is 5.69 Å². The van der Waals surface area contributed by atoms with Crippen molar-refractivity contribution >= 4 is 28.3 Å². The highest BCUT2D eigenvalue weighted by Crippen LogP contribution is 2.26. The topological polar surface area (TPSA) is 97.8 Å². The largest absolute Gasteiger partial charge is 0.484 e. The average Bonchev–Trinajstić information content (AvgIpc) is 3.14. The first-order valence-electron chi connectivity index (χ1n) is 7.98. The van der Waals surface area contributed by atoms with Crippen LogP contribution in [0.1, 0.15) is 0 Å². The fourth-order valence-corrected chi connectivity index (χ4v) is 2.89. The lowest BCUT2D eigenvalue weighted by Crippen LogP contribution is -2.19. The van der Waals surface area contributed by atoms with Crippen molar-refractivity contribution in [2.24, 2.45) is 0 Å². The Morgan fingerprint density at radius 3 is 2.33 bits per heavy atom. The summed E-state index contributed by atoms with van der Waals surface area (Å²) in [6, 6.07) is 16.0. The van der Waals surface area contributed by atoms with Gasteiger partial charge in [0.25, 0.3) is 5.91 Å². The number of anilines is 1. The van der Waals surface area contributed by atoms with E-state index in [4.69, 9.17) is 14.6 Å². The smallest absolute Gasteiger partial charge is 0.341 e. The number of benzene rings is 2. The molecule has 0 unspecified atom stereocenters. The summed E-state index contributed by atoms with van der Waals surface area (Å²) in [6.45, 7) is -0.494. The fourth-order valence-electron chi connectivity index (χ4n) is 2.15. The third-order valence-corrected chi connectivity index (χ3v) is 4.13. The second kappa shape index (κ2) is 8.81. The lowest BCUT2D eigenvalue weighted by molar-refractivity contribution is -0.139. The maximum Gasteiger partial charge on any atom is 0.341 e. The van der Waals surface area contributed by atoms with Crippen LogP contribution in [0.5, 0.6) is 11.5 Å². The Morgan fingerprint density at radius 1 is 0.963 bits per heavy atom. The van der Waals surface area contributed by atoms with Crippen molar-refractivity contribution in [1.82, 2.24) is 4.98 Å². The monoisotopic (exact) mass is 384 g/mol. The van der Waals surface area contributed by atoms with Crippen LogP contribution in [0.3, 0.4) is 0 Å². The number of ether oxygens (including phenoxy) is 2. The van der Waals surface area contributed by atoms with Crippen molar-refractivity contribution in [3.63, 3.8) is 0 Å². The Labute approximate surface area is 159 Å². The molecule has 3 aromatic rings. The van der Waals surface area contributed by atoms with Gasteiger partial charge < -0.3 is 14.6 Å². The lowest BCUT2D eigenvalue weighted by Gasteiger charge is -2.05. The number of amides is 1. The van der Waals surface area contributed by atoms with Gasteiger partial charge in [0, 0.05) is 10.9 Å². The number of para-hydroxylation sites is 1. The number of hydrogen-bond acceptors (Lipinski definition) is 6. The summed E-state index contributed by atoms with van der Waals surface area (Å²) in [5.74, 6) is -0.243. The summed E-state index contributed by atoms with van der Waals surface area (Å²) in [6.07, 6.45) is 0. The van der Waals surface area contributed by atoms with E-state index in [-0.39, 0.29) is 12.5 Å². The van der Waals surface area contributed by atoms with Crippen LogP contribution in [0.2, 0.25) is 0 Å². The summed E-state index contributed by atoms with van der Waals surface area (Å²) in [5, 5.41) is 13.6. The summed E-state index contributed by atoms with van der Waals surface area (Å²) >= 11 is 1.31. The van der Waals surface area contributed by atoms with Gasteiger partial charge in [-0.1, -0.05) is 18.2 Å². The summed E-state index contributed by atoms with van der Waals surface area (Å²) < 4.78 is 10.5. The van der Waals surface area contributed by atoms with E-state index in [9.17, 15) is 9.59 Å². The molecule has 2 aromatic carbocycles. The molecule has 0 spiro atoms. The van der Waals surface area contributed by atoms with Gasteiger partial charge in [-0.2, -0.15) is 0 Å². The van der Waals surface area contributed by atoms with Gasteiger partial charge in [0.1, 0.15) is 11.5 Å². The van der Waals surface area contributed by atoms with Crippen molar-refractivity contribution in [1.29, 1.82) is 0 Å². The van der Waals surface area contributed by atoms with Crippen molar-refractivity contribution in [2.75, 3.05) is 18.5 Å². The number of aromatic nitrogens is 1. The van der Waals surface area contributed by atoms with E-state index in [0.717, 1.165) is 5.56 Å². The van der Waals surface area contributed by atoms with Crippen molar-refractivity contribution in [3.05, 3.63) is 60.0 Å². The Balaban J connectivity index is 1.54. The normalized spacial score (nSPS) is 10.2. The second-order valence-electron chi connectivity index (χ2n) is 5.39. The molecule has 7 nitrogen and oxygen atoms in total. The first-order valence-corrected chi connectivity index (χ1v) is 8.86. The number of hydrogen-bond donors (Lipinski definition) is 2. The number of nitrogens with one attached hydrogen (secondary N) is 1. The molecule has 1 heterocycles. The molecule has 138 valence electrons. The summed E-state index contributed by atoms with van der Waals surface area (Å²) in [7, 11) is 0. The zero-order valence-electron chi connectivity index (χ0n) is 14.1. The van der Waals surface area contributed by atoms with E-state index in [0.29, 0.717) is 22.3 Å². The van der Waals surface area contributed by atoms with E-state index in [2.05, 4.69) is 10.3 Å². The van der Waals surface area contributed by atoms with Gasteiger partial charge >= 0.3 is 5.97 Å². The molecule has 0 saturated carbocycles. The third-order valence-electron chi connectivity index (χ3n) is 3.38. The highest BCUT2D eigenvalue weighted by Gasteiger charge is 2.09. The molecule has 0 atom stereocenters. The fraction of sp³-hybridized carbons (Fsp3) is 0.105. The van der Waals surface area contributed by atoms with Crippen LogP contribution in [0.15, 0.2) is 60.0 Å². The van der Waals surface area contributed by atoms with Crippen molar-refractivity contribution in [2.45, 2.75) is 0 Å². The molecular weight excluding hydrogens is 368 g/mol. The molecule has 0 fully saturated rings. The van der Waals surface area contributed by atoms with Crippen LogP contribution in [-0.4, -0.2) is 35.2 Å². The molecule has 0 saturated heterocycles. The molecular formula is C19H16N2O5S. The van der Waals surface area contributed by atoms with E-state index in [1.807, 2.05) is 23.6 Å².